The lowest BCUT2D eigenvalue weighted by atomic mass is 10.4. The van der Waals surface area contributed by atoms with Crippen LogP contribution in [0.15, 0.2) is 10.3 Å². The molecule has 0 spiro atoms. The van der Waals surface area contributed by atoms with Crippen LogP contribution in [-0.4, -0.2) is 23.5 Å². The summed E-state index contributed by atoms with van der Waals surface area (Å²) in [6.45, 7) is 2.20. The number of oxime groups is 2. The monoisotopic (exact) mass is 212 g/mol. The summed E-state index contributed by atoms with van der Waals surface area (Å²) in [4.78, 5) is 29.0. The molecule has 0 amide bonds. The van der Waals surface area contributed by atoms with E-state index in [0.29, 0.717) is 0 Å². The molecule has 0 saturated carbocycles. The largest absolute Gasteiger partial charge is 0.378 e. The maximum Gasteiger partial charge on any atom is 0.332 e. The Morgan fingerprint density at radius 1 is 1.20 bits per heavy atom. The molecule has 0 aliphatic heterocycles. The van der Waals surface area contributed by atoms with Gasteiger partial charge in [0.2, 0.25) is 11.5 Å². The summed E-state index contributed by atoms with van der Waals surface area (Å²) in [6.07, 6.45) is 0. The Hall–Kier alpha value is -2.43. The first-order valence-corrected chi connectivity index (χ1v) is 3.64. The van der Waals surface area contributed by atoms with Crippen LogP contribution in [0.2, 0.25) is 0 Å². The van der Waals surface area contributed by atoms with E-state index in [-0.39, 0.29) is 0 Å². The molecule has 0 rings (SSSR count). The second-order valence-corrected chi connectivity index (χ2v) is 2.19. The van der Waals surface area contributed by atoms with Crippen molar-refractivity contribution in [1.82, 2.24) is 0 Å². The number of nitrogens with zero attached hydrogens (tertiary/aromatic N) is 3. The maximum absolute atomic E-state index is 10.3. The lowest BCUT2D eigenvalue weighted by Gasteiger charge is -1.95. The standard InChI is InChI=1S/C7H8N4O4/c1-4(12)14-10-6(3-8)7(9)11-15-5(2)13/h1-2H3,(H2,9,11)/b10-6-. The van der Waals surface area contributed by atoms with Gasteiger partial charge < -0.3 is 15.4 Å². The zero-order valence-electron chi connectivity index (χ0n) is 8.05. The highest BCUT2D eigenvalue weighted by Crippen LogP contribution is 1.85. The van der Waals surface area contributed by atoms with Gasteiger partial charge in [-0.2, -0.15) is 5.26 Å². The number of rotatable bonds is 3. The average Bonchev–Trinajstić information content (AvgIpc) is 2.15. The first-order chi connectivity index (χ1) is 6.97. The highest BCUT2D eigenvalue weighted by molar-refractivity contribution is 6.46. The minimum atomic E-state index is -0.719. The van der Waals surface area contributed by atoms with Crippen LogP contribution in [0.1, 0.15) is 13.8 Å². The van der Waals surface area contributed by atoms with E-state index < -0.39 is 23.5 Å². The van der Waals surface area contributed by atoms with E-state index in [1.165, 1.54) is 6.07 Å². The number of carbonyl (C=O) groups excluding carboxylic acids is 2. The summed E-state index contributed by atoms with van der Waals surface area (Å²) in [5.74, 6) is -1.89. The zero-order chi connectivity index (χ0) is 11.8. The molecule has 0 fully saturated rings. The third-order valence-electron chi connectivity index (χ3n) is 0.887. The van der Waals surface area contributed by atoms with Crippen molar-refractivity contribution in [2.75, 3.05) is 0 Å². The van der Waals surface area contributed by atoms with Gasteiger partial charge in [0.15, 0.2) is 0 Å². The third-order valence-corrected chi connectivity index (χ3v) is 0.887. The van der Waals surface area contributed by atoms with Gasteiger partial charge in [0.05, 0.1) is 0 Å². The van der Waals surface area contributed by atoms with E-state index >= 15 is 0 Å². The fourth-order valence-corrected chi connectivity index (χ4v) is 0.391. The molecule has 0 radical (unpaired) electrons. The Balaban J connectivity index is 4.61. The Labute approximate surface area is 84.9 Å². The van der Waals surface area contributed by atoms with Gasteiger partial charge in [-0.05, 0) is 0 Å². The van der Waals surface area contributed by atoms with Gasteiger partial charge in [0.25, 0.3) is 0 Å². The molecule has 0 bridgehead atoms. The SMILES string of the molecule is CC(=O)ON=C(N)/C(C#N)=N\OC(C)=O. The molecule has 0 aromatic rings. The highest BCUT2D eigenvalue weighted by atomic mass is 16.7. The molecule has 8 nitrogen and oxygen atoms in total. The van der Waals surface area contributed by atoms with Crippen LogP contribution in [0, 0.1) is 11.3 Å². The van der Waals surface area contributed by atoms with Crippen molar-refractivity contribution in [2.45, 2.75) is 13.8 Å². The van der Waals surface area contributed by atoms with E-state index in [1.54, 1.807) is 0 Å². The first kappa shape index (κ1) is 12.6. The molecule has 0 saturated heterocycles. The Bertz CT molecular complexity index is 366. The molecular weight excluding hydrogens is 204 g/mol. The van der Waals surface area contributed by atoms with Gasteiger partial charge in [-0.3, -0.25) is 0 Å². The van der Waals surface area contributed by atoms with Crippen LogP contribution in [0.3, 0.4) is 0 Å². The smallest absolute Gasteiger partial charge is 0.332 e. The molecule has 0 aliphatic carbocycles. The number of carbonyl (C=O) groups is 2. The van der Waals surface area contributed by atoms with Crippen LogP contribution >= 0.6 is 0 Å². The highest BCUT2D eigenvalue weighted by Gasteiger charge is 2.07. The summed E-state index contributed by atoms with van der Waals surface area (Å²) in [5.41, 5.74) is 4.72. The molecule has 0 atom stereocenters. The molecule has 15 heavy (non-hydrogen) atoms. The number of hydrogen-bond acceptors (Lipinski definition) is 7. The topological polar surface area (TPSA) is 127 Å². The predicted octanol–water partition coefficient (Wildman–Crippen LogP) is -0.736. The number of nitriles is 1. The first-order valence-electron chi connectivity index (χ1n) is 3.64. The third kappa shape index (κ3) is 5.75. The van der Waals surface area contributed by atoms with Crippen LogP contribution in [0.25, 0.3) is 0 Å². The fraction of sp³-hybridized carbons (Fsp3) is 0.286. The molecule has 8 heteroatoms. The van der Waals surface area contributed by atoms with E-state index in [9.17, 15) is 9.59 Å². The second-order valence-electron chi connectivity index (χ2n) is 2.19. The van der Waals surface area contributed by atoms with Crippen molar-refractivity contribution in [3.63, 3.8) is 0 Å². The number of amidine groups is 1. The Morgan fingerprint density at radius 2 is 1.67 bits per heavy atom. The summed E-state index contributed by atoms with van der Waals surface area (Å²) in [6, 6.07) is 1.51. The minimum absolute atomic E-state index is 0.464. The van der Waals surface area contributed by atoms with Crippen molar-refractivity contribution in [3.8, 4) is 6.07 Å². The minimum Gasteiger partial charge on any atom is -0.378 e. The normalized spacial score (nSPS) is 11.5. The van der Waals surface area contributed by atoms with E-state index in [0.717, 1.165) is 13.8 Å². The average molecular weight is 212 g/mol. The summed E-state index contributed by atoms with van der Waals surface area (Å²) in [5, 5.41) is 14.7. The van der Waals surface area contributed by atoms with Crippen molar-refractivity contribution in [2.24, 2.45) is 16.0 Å². The maximum atomic E-state index is 10.3. The molecular formula is C7H8N4O4. The summed E-state index contributed by atoms with van der Waals surface area (Å²) >= 11 is 0. The van der Waals surface area contributed by atoms with Crippen molar-refractivity contribution < 1.29 is 19.3 Å². The van der Waals surface area contributed by atoms with E-state index in [2.05, 4.69) is 20.0 Å². The molecule has 0 aromatic carbocycles. The molecule has 80 valence electrons. The van der Waals surface area contributed by atoms with Crippen molar-refractivity contribution in [3.05, 3.63) is 0 Å². The van der Waals surface area contributed by atoms with E-state index in [1.807, 2.05) is 0 Å². The van der Waals surface area contributed by atoms with Crippen LogP contribution in [0.4, 0.5) is 0 Å². The Morgan fingerprint density at radius 3 is 2.07 bits per heavy atom. The number of hydrogen-bond donors (Lipinski definition) is 1. The zero-order valence-corrected chi connectivity index (χ0v) is 8.05. The van der Waals surface area contributed by atoms with Gasteiger partial charge in [0, 0.05) is 13.8 Å². The van der Waals surface area contributed by atoms with Crippen LogP contribution in [0.5, 0.6) is 0 Å². The van der Waals surface area contributed by atoms with Gasteiger partial charge in [0.1, 0.15) is 6.07 Å². The van der Waals surface area contributed by atoms with E-state index in [4.69, 9.17) is 11.0 Å². The van der Waals surface area contributed by atoms with Gasteiger partial charge in [-0.1, -0.05) is 10.3 Å². The van der Waals surface area contributed by atoms with Gasteiger partial charge in [-0.15, -0.1) is 0 Å². The lowest BCUT2D eigenvalue weighted by Crippen LogP contribution is -2.24. The molecule has 0 heterocycles. The van der Waals surface area contributed by atoms with Gasteiger partial charge in [-0.25, -0.2) is 9.59 Å². The molecule has 0 unspecified atom stereocenters. The summed E-state index contributed by atoms with van der Waals surface area (Å²) < 4.78 is 0. The quantitative estimate of drug-likeness (QED) is 0.284. The number of nitrogens with two attached hydrogens (primary N) is 1. The van der Waals surface area contributed by atoms with Crippen molar-refractivity contribution >= 4 is 23.5 Å². The van der Waals surface area contributed by atoms with Crippen LogP contribution in [-0.2, 0) is 19.3 Å². The lowest BCUT2D eigenvalue weighted by molar-refractivity contribution is -0.142. The van der Waals surface area contributed by atoms with Crippen molar-refractivity contribution in [1.29, 1.82) is 5.26 Å². The van der Waals surface area contributed by atoms with Crippen LogP contribution < -0.4 is 5.73 Å². The predicted molar refractivity (Wildman–Crippen MR) is 48.2 cm³/mol. The fourth-order valence-electron chi connectivity index (χ4n) is 0.391. The van der Waals surface area contributed by atoms with Gasteiger partial charge >= 0.3 is 11.9 Å². The molecule has 2 N–H and O–H groups in total. The summed E-state index contributed by atoms with van der Waals surface area (Å²) in [7, 11) is 0. The second kappa shape index (κ2) is 6.09. The molecule has 0 aromatic heterocycles. The Kier molecular flexibility index (Phi) is 5.10. The molecule has 0 aliphatic rings.